The van der Waals surface area contributed by atoms with E-state index in [4.69, 9.17) is 17.5 Å². The Labute approximate surface area is 91.6 Å². The van der Waals surface area contributed by atoms with Crippen LogP contribution in [0.25, 0.3) is 0 Å². The fraction of sp³-hybridized carbons (Fsp3) is 0. The second kappa shape index (κ2) is 4.47. The lowest BCUT2D eigenvalue weighted by atomic mass is 10.3. The molecule has 1 rings (SSSR count). The molecule has 1 aromatic carbocycles. The molecule has 8 heteroatoms. The number of benzene rings is 1. The predicted molar refractivity (Wildman–Crippen MR) is 55.8 cm³/mol. The number of primary amides is 1. The van der Waals surface area contributed by atoms with Gasteiger partial charge >= 0.3 is 6.03 Å². The molecular formula is C7H8ClN3O3S. The van der Waals surface area contributed by atoms with E-state index in [1.165, 1.54) is 24.3 Å². The number of amides is 2. The number of urea groups is 1. The van der Waals surface area contributed by atoms with E-state index in [2.05, 4.69) is 5.32 Å². The van der Waals surface area contributed by atoms with Gasteiger partial charge in [-0.25, -0.2) is 13.2 Å². The van der Waals surface area contributed by atoms with E-state index in [1.54, 1.807) is 4.24 Å². The Kier molecular flexibility index (Phi) is 3.51. The third-order valence-electron chi connectivity index (χ3n) is 1.53. The highest BCUT2D eigenvalue weighted by molar-refractivity contribution is 7.90. The number of hydrogen-bond donors (Lipinski definition) is 3. The molecule has 0 aliphatic heterocycles. The molecule has 0 saturated heterocycles. The summed E-state index contributed by atoms with van der Waals surface area (Å²) >= 11 is 5.02. The minimum absolute atomic E-state index is 0.00693. The van der Waals surface area contributed by atoms with Gasteiger partial charge in [0.25, 0.3) is 10.0 Å². The molecule has 0 unspecified atom stereocenters. The average molecular weight is 250 g/mol. The minimum atomic E-state index is -3.67. The Morgan fingerprint density at radius 1 is 1.27 bits per heavy atom. The van der Waals surface area contributed by atoms with Crippen LogP contribution in [0.15, 0.2) is 29.2 Å². The molecule has 0 aromatic heterocycles. The predicted octanol–water partition coefficient (Wildman–Crippen LogP) is 0.609. The summed E-state index contributed by atoms with van der Waals surface area (Å²) in [5, 5.41) is 2.29. The van der Waals surface area contributed by atoms with Gasteiger partial charge in [-0.3, -0.25) is 0 Å². The van der Waals surface area contributed by atoms with Crippen LogP contribution >= 0.6 is 11.8 Å². The summed E-state index contributed by atoms with van der Waals surface area (Å²) in [6.07, 6.45) is 0. The lowest BCUT2D eigenvalue weighted by molar-refractivity contribution is 0.259. The monoisotopic (exact) mass is 249 g/mol. The van der Waals surface area contributed by atoms with Crippen molar-refractivity contribution in [3.8, 4) is 0 Å². The lowest BCUT2D eigenvalue weighted by Gasteiger charge is -2.03. The number of sulfonamides is 1. The topological polar surface area (TPSA) is 101 Å². The minimum Gasteiger partial charge on any atom is -0.351 e. The zero-order valence-electron chi connectivity index (χ0n) is 7.40. The number of anilines is 1. The number of hydrogen-bond acceptors (Lipinski definition) is 3. The molecular weight excluding hydrogens is 242 g/mol. The molecule has 0 heterocycles. The second-order valence-electron chi connectivity index (χ2n) is 2.59. The molecule has 15 heavy (non-hydrogen) atoms. The van der Waals surface area contributed by atoms with Crippen LogP contribution in [-0.2, 0) is 10.0 Å². The molecule has 0 aliphatic carbocycles. The Bertz CT molecular complexity index is 457. The standard InChI is InChI=1S/C7H8ClN3O3S/c8-11-15(13,14)6-3-1-5(2-4-6)10-7(9)12/h1-4,11H,(H3,9,10,12). The van der Waals surface area contributed by atoms with Crippen LogP contribution in [-0.4, -0.2) is 14.4 Å². The SMILES string of the molecule is NC(=O)Nc1ccc(S(=O)(=O)NCl)cc1. The van der Waals surface area contributed by atoms with Crippen molar-refractivity contribution in [2.45, 2.75) is 4.90 Å². The first-order valence-electron chi connectivity index (χ1n) is 3.74. The fourth-order valence-electron chi connectivity index (χ4n) is 0.904. The van der Waals surface area contributed by atoms with Gasteiger partial charge in [-0.15, -0.1) is 4.24 Å². The van der Waals surface area contributed by atoms with Gasteiger partial charge in [-0.1, -0.05) is 0 Å². The van der Waals surface area contributed by atoms with Crippen LogP contribution in [0, 0.1) is 0 Å². The summed E-state index contributed by atoms with van der Waals surface area (Å²) in [6, 6.07) is 4.64. The smallest absolute Gasteiger partial charge is 0.316 e. The summed E-state index contributed by atoms with van der Waals surface area (Å²) in [6.45, 7) is 0. The van der Waals surface area contributed by atoms with E-state index < -0.39 is 16.1 Å². The van der Waals surface area contributed by atoms with Crippen molar-refractivity contribution in [2.24, 2.45) is 5.73 Å². The van der Waals surface area contributed by atoms with Gasteiger partial charge in [0.2, 0.25) is 0 Å². The Morgan fingerprint density at radius 2 is 1.80 bits per heavy atom. The maximum atomic E-state index is 11.2. The summed E-state index contributed by atoms with van der Waals surface area (Å²) in [5.41, 5.74) is 5.27. The molecule has 6 nitrogen and oxygen atoms in total. The van der Waals surface area contributed by atoms with Gasteiger partial charge in [0.1, 0.15) is 0 Å². The molecule has 0 radical (unpaired) electrons. The highest BCUT2D eigenvalue weighted by Crippen LogP contribution is 2.13. The van der Waals surface area contributed by atoms with Crippen molar-refractivity contribution in [1.82, 2.24) is 4.24 Å². The number of nitrogens with two attached hydrogens (primary N) is 1. The van der Waals surface area contributed by atoms with Crippen LogP contribution in [0.1, 0.15) is 0 Å². The van der Waals surface area contributed by atoms with E-state index in [1.807, 2.05) is 0 Å². The van der Waals surface area contributed by atoms with Gasteiger partial charge in [-0.05, 0) is 36.0 Å². The number of carbonyl (C=O) groups is 1. The average Bonchev–Trinajstić information content (AvgIpc) is 2.18. The zero-order chi connectivity index (χ0) is 11.5. The number of rotatable bonds is 3. The molecule has 0 saturated carbocycles. The van der Waals surface area contributed by atoms with Gasteiger partial charge < -0.3 is 11.1 Å². The zero-order valence-corrected chi connectivity index (χ0v) is 8.97. The number of nitrogens with one attached hydrogen (secondary N) is 2. The van der Waals surface area contributed by atoms with E-state index in [0.29, 0.717) is 5.69 Å². The molecule has 4 N–H and O–H groups in total. The molecule has 0 bridgehead atoms. The largest absolute Gasteiger partial charge is 0.351 e. The van der Waals surface area contributed by atoms with Crippen LogP contribution in [0.5, 0.6) is 0 Å². The van der Waals surface area contributed by atoms with Gasteiger partial charge in [0.05, 0.1) is 4.90 Å². The maximum Gasteiger partial charge on any atom is 0.316 e. The van der Waals surface area contributed by atoms with Crippen molar-refractivity contribution in [3.05, 3.63) is 24.3 Å². The fourth-order valence-corrected chi connectivity index (χ4v) is 1.75. The number of carbonyl (C=O) groups excluding carboxylic acids is 1. The van der Waals surface area contributed by atoms with Crippen molar-refractivity contribution in [3.63, 3.8) is 0 Å². The van der Waals surface area contributed by atoms with Crippen molar-refractivity contribution >= 4 is 33.5 Å². The van der Waals surface area contributed by atoms with E-state index in [-0.39, 0.29) is 4.90 Å². The summed E-state index contributed by atoms with van der Waals surface area (Å²) < 4.78 is 24.0. The molecule has 82 valence electrons. The number of halogens is 1. The Morgan fingerprint density at radius 3 is 2.20 bits per heavy atom. The molecule has 0 atom stereocenters. The highest BCUT2D eigenvalue weighted by atomic mass is 35.5. The third-order valence-corrected chi connectivity index (χ3v) is 3.24. The first-order chi connectivity index (χ1) is 6.95. The Balaban J connectivity index is 2.95. The first kappa shape index (κ1) is 11.8. The third kappa shape index (κ3) is 3.08. The van der Waals surface area contributed by atoms with Gasteiger partial charge in [0, 0.05) is 5.69 Å². The van der Waals surface area contributed by atoms with E-state index >= 15 is 0 Å². The molecule has 2 amide bonds. The molecule has 0 spiro atoms. The summed E-state index contributed by atoms with van der Waals surface area (Å²) in [4.78, 5) is 10.5. The van der Waals surface area contributed by atoms with Crippen LogP contribution in [0.4, 0.5) is 10.5 Å². The maximum absolute atomic E-state index is 11.2. The van der Waals surface area contributed by atoms with E-state index in [9.17, 15) is 13.2 Å². The van der Waals surface area contributed by atoms with Crippen molar-refractivity contribution < 1.29 is 13.2 Å². The lowest BCUT2D eigenvalue weighted by Crippen LogP contribution is -2.19. The van der Waals surface area contributed by atoms with Crippen LogP contribution in [0.2, 0.25) is 0 Å². The highest BCUT2D eigenvalue weighted by Gasteiger charge is 2.11. The normalized spacial score (nSPS) is 11.0. The van der Waals surface area contributed by atoms with Crippen LogP contribution < -0.4 is 15.3 Å². The molecule has 1 aromatic rings. The van der Waals surface area contributed by atoms with Gasteiger partial charge in [-0.2, -0.15) is 0 Å². The summed E-state index contributed by atoms with van der Waals surface area (Å²) in [5.74, 6) is 0. The van der Waals surface area contributed by atoms with Crippen molar-refractivity contribution in [1.29, 1.82) is 0 Å². The first-order valence-corrected chi connectivity index (χ1v) is 5.61. The quantitative estimate of drug-likeness (QED) is 0.684. The summed E-state index contributed by atoms with van der Waals surface area (Å²) in [7, 11) is -3.67. The van der Waals surface area contributed by atoms with Crippen molar-refractivity contribution in [2.75, 3.05) is 5.32 Å². The van der Waals surface area contributed by atoms with Gasteiger partial charge in [0.15, 0.2) is 0 Å². The van der Waals surface area contributed by atoms with E-state index in [0.717, 1.165) is 0 Å². The van der Waals surface area contributed by atoms with Crippen LogP contribution in [0.3, 0.4) is 0 Å². The molecule has 0 fully saturated rings. The molecule has 0 aliphatic rings. The second-order valence-corrected chi connectivity index (χ2v) is 4.69. The Hall–Kier alpha value is -1.31.